The van der Waals surface area contributed by atoms with Gasteiger partial charge in [-0.05, 0) is 30.7 Å². The van der Waals surface area contributed by atoms with Gasteiger partial charge in [0.2, 0.25) is 0 Å². The highest BCUT2D eigenvalue weighted by atomic mass is 32.2. The van der Waals surface area contributed by atoms with Crippen LogP contribution in [0.3, 0.4) is 0 Å². The van der Waals surface area contributed by atoms with Gasteiger partial charge in [0.25, 0.3) is 15.9 Å². The zero-order valence-electron chi connectivity index (χ0n) is 20.6. The summed E-state index contributed by atoms with van der Waals surface area (Å²) in [7, 11) is -2.23. The summed E-state index contributed by atoms with van der Waals surface area (Å²) < 4.78 is 28.2. The normalized spacial score (nSPS) is 18.0. The molecular formula is C27H23N5O4S2. The number of aliphatic hydroxyl groups is 1. The van der Waals surface area contributed by atoms with E-state index < -0.39 is 15.6 Å². The third-order valence-corrected chi connectivity index (χ3v) is 9.43. The van der Waals surface area contributed by atoms with Crippen LogP contribution in [0.25, 0.3) is 32.9 Å². The van der Waals surface area contributed by atoms with Crippen molar-refractivity contribution in [1.29, 1.82) is 0 Å². The van der Waals surface area contributed by atoms with Crippen molar-refractivity contribution in [3.63, 3.8) is 0 Å². The Bertz CT molecular complexity index is 1810. The van der Waals surface area contributed by atoms with Crippen LogP contribution in [0.1, 0.15) is 17.5 Å². The van der Waals surface area contributed by atoms with E-state index in [9.17, 15) is 18.3 Å². The van der Waals surface area contributed by atoms with Crippen LogP contribution >= 0.6 is 11.3 Å². The lowest BCUT2D eigenvalue weighted by atomic mass is 9.90. The molecule has 1 saturated heterocycles. The second-order valence-corrected chi connectivity index (χ2v) is 12.0. The van der Waals surface area contributed by atoms with Crippen LogP contribution < -0.4 is 0 Å². The van der Waals surface area contributed by atoms with Crippen molar-refractivity contribution < 1.29 is 18.3 Å². The molecule has 0 bridgehead atoms. The Morgan fingerprint density at radius 3 is 2.66 bits per heavy atom. The average Bonchev–Trinajstić information content (AvgIpc) is 3.63. The van der Waals surface area contributed by atoms with Gasteiger partial charge in [-0.25, -0.2) is 27.3 Å². The maximum Gasteiger partial charge on any atom is 0.269 e. The number of nitrogens with zero attached hydrogens (tertiary/aromatic N) is 5. The van der Waals surface area contributed by atoms with Gasteiger partial charge in [-0.15, -0.1) is 11.3 Å². The monoisotopic (exact) mass is 545 g/mol. The van der Waals surface area contributed by atoms with Crippen molar-refractivity contribution in [3.05, 3.63) is 83.8 Å². The predicted molar refractivity (Wildman–Crippen MR) is 144 cm³/mol. The van der Waals surface area contributed by atoms with Crippen LogP contribution in [-0.2, 0) is 20.4 Å². The molecule has 3 aromatic heterocycles. The van der Waals surface area contributed by atoms with E-state index in [1.54, 1.807) is 55.7 Å². The van der Waals surface area contributed by atoms with E-state index in [-0.39, 0.29) is 16.4 Å². The molecule has 0 radical (unpaired) electrons. The summed E-state index contributed by atoms with van der Waals surface area (Å²) in [4.78, 5) is 27.4. The highest BCUT2D eigenvalue weighted by Gasteiger charge is 2.45. The zero-order chi connectivity index (χ0) is 26.7. The number of hydrogen-bond donors (Lipinski definition) is 1. The summed E-state index contributed by atoms with van der Waals surface area (Å²) in [6.45, 7) is 2.38. The van der Waals surface area contributed by atoms with E-state index in [1.807, 2.05) is 18.4 Å². The number of hydrogen-bond acceptors (Lipinski definition) is 8. The number of likely N-dealkylation sites (N-methyl/N-ethyl adjacent to an activating group) is 1. The van der Waals surface area contributed by atoms with Crippen molar-refractivity contribution in [2.45, 2.75) is 23.8 Å². The van der Waals surface area contributed by atoms with Gasteiger partial charge in [-0.3, -0.25) is 4.79 Å². The third-order valence-electron chi connectivity index (χ3n) is 6.89. The Labute approximate surface area is 223 Å². The highest BCUT2D eigenvalue weighted by Crippen LogP contribution is 2.38. The fraction of sp³-hybridized carbons (Fsp3) is 0.185. The van der Waals surface area contributed by atoms with E-state index in [0.717, 1.165) is 11.1 Å². The topological polar surface area (TPSA) is 118 Å². The number of thiazole rings is 1. The quantitative estimate of drug-likeness (QED) is 0.357. The van der Waals surface area contributed by atoms with Crippen LogP contribution in [0.5, 0.6) is 0 Å². The fourth-order valence-corrected chi connectivity index (χ4v) is 6.88. The molecule has 0 aliphatic carbocycles. The predicted octanol–water partition coefficient (Wildman–Crippen LogP) is 3.82. The van der Waals surface area contributed by atoms with Crippen LogP contribution in [0.4, 0.5) is 0 Å². The SMILES string of the molecule is Cc1ccc(S(=O)(=O)n2cc(-c3nc(-c4cccc(C5(O)CCN(C)C5=O)c4)cs3)c3cncnc32)cc1. The number of carbonyl (C=O) groups excluding carboxylic acids is 1. The van der Waals surface area contributed by atoms with E-state index in [2.05, 4.69) is 9.97 Å². The molecule has 5 aromatic rings. The molecule has 192 valence electrons. The highest BCUT2D eigenvalue weighted by molar-refractivity contribution is 7.90. The van der Waals surface area contributed by atoms with Gasteiger partial charge < -0.3 is 10.0 Å². The van der Waals surface area contributed by atoms with Crippen molar-refractivity contribution in [2.24, 2.45) is 0 Å². The van der Waals surface area contributed by atoms with E-state index in [4.69, 9.17) is 4.98 Å². The van der Waals surface area contributed by atoms with Gasteiger partial charge >= 0.3 is 0 Å². The summed E-state index contributed by atoms with van der Waals surface area (Å²) in [5, 5.41) is 14.1. The number of aryl methyl sites for hydroxylation is 1. The van der Waals surface area contributed by atoms with Gasteiger partial charge in [0.1, 0.15) is 11.3 Å². The van der Waals surface area contributed by atoms with E-state index >= 15 is 0 Å². The summed E-state index contributed by atoms with van der Waals surface area (Å²) in [5.74, 6) is -0.323. The van der Waals surface area contributed by atoms with Crippen molar-refractivity contribution >= 4 is 38.3 Å². The summed E-state index contributed by atoms with van der Waals surface area (Å²) in [5.41, 5.74) is 2.17. The molecule has 1 amide bonds. The molecule has 6 rings (SSSR count). The maximum atomic E-state index is 13.5. The number of fused-ring (bicyclic) bond motifs is 1. The second kappa shape index (κ2) is 8.83. The standard InChI is InChI=1S/C27H23N5O4S2/c1-17-6-8-20(9-7-17)38(35,36)32-14-22(21-13-28-16-29-24(21)32)25-30-23(15-37-25)18-4-3-5-19(12-18)27(34)10-11-31(2)26(27)33/h3-9,12-16,34H,10-11H2,1-2H3. The first-order chi connectivity index (χ1) is 18.2. The Kier molecular flexibility index (Phi) is 5.67. The molecule has 0 spiro atoms. The van der Waals surface area contributed by atoms with Gasteiger partial charge in [0, 0.05) is 54.3 Å². The first-order valence-corrected chi connectivity index (χ1v) is 14.2. The van der Waals surface area contributed by atoms with Crippen molar-refractivity contribution in [3.8, 4) is 21.8 Å². The largest absolute Gasteiger partial charge is 0.375 e. The molecular weight excluding hydrogens is 522 g/mol. The first kappa shape index (κ1) is 24.4. The van der Waals surface area contributed by atoms with Crippen LogP contribution in [0.15, 0.2) is 77.5 Å². The lowest BCUT2D eigenvalue weighted by Gasteiger charge is -2.21. The molecule has 38 heavy (non-hydrogen) atoms. The molecule has 9 nitrogen and oxygen atoms in total. The van der Waals surface area contributed by atoms with Crippen LogP contribution in [-0.4, -0.2) is 56.8 Å². The lowest BCUT2D eigenvalue weighted by molar-refractivity contribution is -0.143. The van der Waals surface area contributed by atoms with E-state index in [0.29, 0.717) is 40.2 Å². The second-order valence-electron chi connectivity index (χ2n) is 9.37. The molecule has 1 unspecified atom stereocenters. The fourth-order valence-electron chi connectivity index (χ4n) is 4.70. The van der Waals surface area contributed by atoms with Crippen molar-refractivity contribution in [2.75, 3.05) is 13.6 Å². The summed E-state index contributed by atoms with van der Waals surface area (Å²) in [6, 6.07) is 13.8. The Hall–Kier alpha value is -3.93. The minimum Gasteiger partial charge on any atom is -0.375 e. The Morgan fingerprint density at radius 2 is 1.92 bits per heavy atom. The molecule has 2 aromatic carbocycles. The minimum absolute atomic E-state index is 0.159. The zero-order valence-corrected chi connectivity index (χ0v) is 22.2. The number of aromatic nitrogens is 4. The molecule has 1 fully saturated rings. The Balaban J connectivity index is 1.42. The number of amides is 1. The number of rotatable bonds is 5. The smallest absolute Gasteiger partial charge is 0.269 e. The lowest BCUT2D eigenvalue weighted by Crippen LogP contribution is -2.36. The van der Waals surface area contributed by atoms with E-state index in [1.165, 1.54) is 32.7 Å². The molecule has 1 N–H and O–H groups in total. The maximum absolute atomic E-state index is 13.5. The van der Waals surface area contributed by atoms with Gasteiger partial charge in [-0.2, -0.15) is 0 Å². The molecule has 1 aliphatic heterocycles. The summed E-state index contributed by atoms with van der Waals surface area (Å²) >= 11 is 1.36. The minimum atomic E-state index is -3.91. The van der Waals surface area contributed by atoms with Crippen LogP contribution in [0, 0.1) is 6.92 Å². The number of likely N-dealkylation sites (tertiary alicyclic amines) is 1. The summed E-state index contributed by atoms with van der Waals surface area (Å²) in [6.07, 6.45) is 4.75. The number of carbonyl (C=O) groups is 1. The Morgan fingerprint density at radius 1 is 1.13 bits per heavy atom. The molecule has 11 heteroatoms. The van der Waals surface area contributed by atoms with Gasteiger partial charge in [0.15, 0.2) is 11.2 Å². The molecule has 1 aliphatic rings. The van der Waals surface area contributed by atoms with Gasteiger partial charge in [-0.1, -0.05) is 35.9 Å². The third kappa shape index (κ3) is 3.82. The molecule has 4 heterocycles. The molecule has 1 atom stereocenters. The van der Waals surface area contributed by atoms with Crippen LogP contribution in [0.2, 0.25) is 0 Å². The molecule has 0 saturated carbocycles. The number of benzene rings is 2. The van der Waals surface area contributed by atoms with Crippen molar-refractivity contribution in [1.82, 2.24) is 23.8 Å². The van der Waals surface area contributed by atoms with Gasteiger partial charge in [0.05, 0.1) is 10.6 Å². The average molecular weight is 546 g/mol. The first-order valence-electron chi connectivity index (χ1n) is 11.9.